The van der Waals surface area contributed by atoms with Gasteiger partial charge in [-0.25, -0.2) is 15.0 Å². The molecule has 0 aromatic carbocycles. The fourth-order valence-corrected chi connectivity index (χ4v) is 2.97. The minimum atomic E-state index is -5.24. The summed E-state index contributed by atoms with van der Waals surface area (Å²) in [6.45, 7) is 0.704. The van der Waals surface area contributed by atoms with Crippen LogP contribution in [0, 0.1) is 0 Å². The number of nitrogens with zero attached hydrogens (tertiary/aromatic N) is 4. The van der Waals surface area contributed by atoms with Gasteiger partial charge in [-0.15, -0.1) is 0 Å². The molecule has 4 N–H and O–H groups in total. The van der Waals surface area contributed by atoms with E-state index in [9.17, 15) is 24.6 Å². The molecule has 132 valence electrons. The largest absolute Gasteiger partial charge is 1.00 e. The van der Waals surface area contributed by atoms with E-state index in [-0.39, 0.29) is 76.1 Å². The van der Waals surface area contributed by atoms with Gasteiger partial charge in [0.2, 0.25) is 0 Å². The number of aliphatic hydroxyl groups excluding tert-OH is 2. The summed E-state index contributed by atoms with van der Waals surface area (Å²) in [5.74, 6) is 0.119. The molecule has 1 aliphatic heterocycles. The molecule has 15 heteroatoms. The summed E-state index contributed by atoms with van der Waals surface area (Å²) < 4.78 is 21.6. The number of fused-ring (bicyclic) bond motifs is 1. The van der Waals surface area contributed by atoms with Crippen molar-refractivity contribution in [1.29, 1.82) is 0 Å². The molecule has 3 heterocycles. The molecule has 26 heavy (non-hydrogen) atoms. The van der Waals surface area contributed by atoms with Crippen LogP contribution >= 0.6 is 7.82 Å². The molecule has 0 saturated carbocycles. The van der Waals surface area contributed by atoms with Crippen molar-refractivity contribution < 1.29 is 92.9 Å². The van der Waals surface area contributed by atoms with E-state index < -0.39 is 38.5 Å². The van der Waals surface area contributed by atoms with Crippen LogP contribution in [0.4, 0.5) is 5.82 Å². The summed E-state index contributed by atoms with van der Waals surface area (Å²) in [6.07, 6.45) is -1.74. The van der Waals surface area contributed by atoms with E-state index in [2.05, 4.69) is 19.5 Å². The second-order valence-electron chi connectivity index (χ2n) is 5.44. The Morgan fingerprint density at radius 1 is 1.38 bits per heavy atom. The number of phosphoric ester groups is 1. The number of nitrogen functional groups attached to an aromatic ring is 1. The number of aromatic nitrogens is 4. The minimum absolute atomic E-state index is 0. The summed E-state index contributed by atoms with van der Waals surface area (Å²) in [7, 11) is -5.24. The monoisotopic (exact) mass is 405 g/mol. The third-order valence-corrected chi connectivity index (χ3v) is 4.35. The van der Waals surface area contributed by atoms with E-state index >= 15 is 0 Å². The van der Waals surface area contributed by atoms with Crippen molar-refractivity contribution in [1.82, 2.24) is 19.5 Å². The maximum Gasteiger partial charge on any atom is 1.00 e. The van der Waals surface area contributed by atoms with Gasteiger partial charge in [0.1, 0.15) is 30.2 Å². The van der Waals surface area contributed by atoms with Crippen molar-refractivity contribution in [3.8, 4) is 0 Å². The van der Waals surface area contributed by atoms with E-state index in [0.29, 0.717) is 0 Å². The standard InChI is InChI=1S/C11H16N5O7P.2Na/c1-11(16-4-15-6-9(12)13-3-14-10(6)16)8(18)7(17)5(23-11)2-22-24(19,20)21;;/h3-5,7-8,17-18H,2H2,1H3,(H2,12,13,14)(H2,19,20,21);;/q;2*+1/p-2/t5-,7-,8-,11-;;/m1../s1. The number of ether oxygens (including phenoxy) is 1. The molecule has 3 rings (SSSR count). The first-order valence-electron chi connectivity index (χ1n) is 6.78. The van der Waals surface area contributed by atoms with Gasteiger partial charge in [0, 0.05) is 0 Å². The quantitative estimate of drug-likeness (QED) is 0.323. The molecule has 1 fully saturated rings. The summed E-state index contributed by atoms with van der Waals surface area (Å²) in [5, 5.41) is 20.4. The first kappa shape index (κ1) is 24.4. The number of imidazole rings is 1. The van der Waals surface area contributed by atoms with Gasteiger partial charge in [0.15, 0.2) is 17.2 Å². The first-order chi connectivity index (χ1) is 11.1. The van der Waals surface area contributed by atoms with Crippen LogP contribution in [0.3, 0.4) is 0 Å². The van der Waals surface area contributed by atoms with Crippen LogP contribution in [-0.4, -0.2) is 54.7 Å². The van der Waals surface area contributed by atoms with Gasteiger partial charge in [-0.05, 0) is 6.92 Å². The van der Waals surface area contributed by atoms with Crippen molar-refractivity contribution in [2.45, 2.75) is 31.0 Å². The van der Waals surface area contributed by atoms with Crippen molar-refractivity contribution in [3.05, 3.63) is 12.7 Å². The Hall–Kier alpha value is 0.340. The summed E-state index contributed by atoms with van der Waals surface area (Å²) >= 11 is 0. The smallest absolute Gasteiger partial charge is 0.790 e. The van der Waals surface area contributed by atoms with Gasteiger partial charge >= 0.3 is 59.1 Å². The van der Waals surface area contributed by atoms with Crippen molar-refractivity contribution in [2.24, 2.45) is 0 Å². The molecular formula is C11H14N5Na2O7P. The SMILES string of the molecule is C[C@@]1(n2cnc3c(N)ncnc32)O[C@H](COP(=O)([O-])[O-])[C@@H](O)[C@H]1O.[Na+].[Na+]. The van der Waals surface area contributed by atoms with Gasteiger partial charge in [0.25, 0.3) is 0 Å². The van der Waals surface area contributed by atoms with Crippen LogP contribution in [0.1, 0.15) is 6.92 Å². The predicted molar refractivity (Wildman–Crippen MR) is 73.8 cm³/mol. The number of phosphoric acid groups is 1. The van der Waals surface area contributed by atoms with E-state index in [4.69, 9.17) is 10.5 Å². The average Bonchev–Trinajstić information content (AvgIpc) is 3.02. The third-order valence-electron chi connectivity index (χ3n) is 3.88. The second-order valence-corrected chi connectivity index (χ2v) is 6.59. The maximum atomic E-state index is 10.6. The minimum Gasteiger partial charge on any atom is -0.790 e. The fraction of sp³-hybridized carbons (Fsp3) is 0.545. The zero-order valence-corrected chi connectivity index (χ0v) is 19.2. The molecule has 12 nitrogen and oxygen atoms in total. The van der Waals surface area contributed by atoms with Crippen molar-refractivity contribution >= 4 is 24.8 Å². The molecule has 2 aromatic heterocycles. The molecule has 0 unspecified atom stereocenters. The van der Waals surface area contributed by atoms with Crippen molar-refractivity contribution in [2.75, 3.05) is 12.3 Å². The number of rotatable bonds is 4. The Morgan fingerprint density at radius 2 is 2.04 bits per heavy atom. The van der Waals surface area contributed by atoms with Crippen LogP contribution in [0.5, 0.6) is 0 Å². The fourth-order valence-electron chi connectivity index (χ4n) is 2.64. The van der Waals surface area contributed by atoms with Gasteiger partial charge in [-0.2, -0.15) is 0 Å². The third kappa shape index (κ3) is 4.49. The zero-order valence-electron chi connectivity index (χ0n) is 14.3. The van der Waals surface area contributed by atoms with Crippen LogP contribution < -0.4 is 74.6 Å². The topological polar surface area (TPSA) is 192 Å². The van der Waals surface area contributed by atoms with Crippen LogP contribution in [0.25, 0.3) is 11.2 Å². The van der Waals surface area contributed by atoms with Crippen LogP contribution in [0.15, 0.2) is 12.7 Å². The van der Waals surface area contributed by atoms with Gasteiger partial charge in [-0.3, -0.25) is 4.57 Å². The van der Waals surface area contributed by atoms with Gasteiger partial charge in [-0.1, -0.05) is 0 Å². The molecule has 0 aliphatic carbocycles. The Labute approximate surface area is 191 Å². The Balaban J connectivity index is 0.00000169. The molecule has 0 radical (unpaired) electrons. The molecular weight excluding hydrogens is 391 g/mol. The first-order valence-corrected chi connectivity index (χ1v) is 8.24. The Kier molecular flexibility index (Phi) is 8.24. The maximum absolute atomic E-state index is 10.6. The molecule has 0 spiro atoms. The Morgan fingerprint density at radius 3 is 2.65 bits per heavy atom. The predicted octanol–water partition coefficient (Wildman–Crippen LogP) is -8.94. The van der Waals surface area contributed by atoms with E-state index in [1.165, 1.54) is 24.1 Å². The van der Waals surface area contributed by atoms with E-state index in [0.717, 1.165) is 0 Å². The van der Waals surface area contributed by atoms with Gasteiger partial charge in [0.05, 0.1) is 20.8 Å². The van der Waals surface area contributed by atoms with E-state index in [1.807, 2.05) is 0 Å². The number of anilines is 1. The summed E-state index contributed by atoms with van der Waals surface area (Å²) in [5.41, 5.74) is 4.67. The molecule has 0 bridgehead atoms. The number of nitrogens with two attached hydrogens (primary N) is 1. The summed E-state index contributed by atoms with van der Waals surface area (Å²) in [4.78, 5) is 33.0. The number of hydrogen-bond donors (Lipinski definition) is 3. The molecule has 4 atom stereocenters. The van der Waals surface area contributed by atoms with E-state index in [1.54, 1.807) is 0 Å². The second kappa shape index (κ2) is 8.78. The van der Waals surface area contributed by atoms with Crippen LogP contribution in [-0.2, 0) is 19.6 Å². The number of hydrogen-bond acceptors (Lipinski definition) is 11. The molecule has 1 saturated heterocycles. The zero-order chi connectivity index (χ0) is 17.7. The molecule has 1 aliphatic rings. The van der Waals surface area contributed by atoms with Crippen molar-refractivity contribution in [3.63, 3.8) is 0 Å². The normalized spacial score (nSPS) is 28.6. The van der Waals surface area contributed by atoms with Gasteiger partial charge < -0.3 is 39.6 Å². The number of aliphatic hydroxyl groups is 2. The average molecular weight is 405 g/mol. The molecule has 0 amide bonds. The Bertz CT molecular complexity index is 819. The molecule has 2 aromatic rings. The van der Waals surface area contributed by atoms with Crippen LogP contribution in [0.2, 0.25) is 0 Å². The summed E-state index contributed by atoms with van der Waals surface area (Å²) in [6, 6.07) is 0.